The molecule has 1 atom stereocenters. The highest BCUT2D eigenvalue weighted by atomic mass is 16.4. The molecule has 0 unspecified atom stereocenters. The molecule has 1 saturated heterocycles. The van der Waals surface area contributed by atoms with Gasteiger partial charge in [0.15, 0.2) is 0 Å². The van der Waals surface area contributed by atoms with Crippen molar-refractivity contribution in [2.75, 3.05) is 20.1 Å². The van der Waals surface area contributed by atoms with Gasteiger partial charge in [-0.3, -0.25) is 4.79 Å². The summed E-state index contributed by atoms with van der Waals surface area (Å²) in [5, 5.41) is 8.89. The molecule has 1 heterocycles. The molecule has 0 saturated carbocycles. The van der Waals surface area contributed by atoms with Crippen molar-refractivity contribution in [3.8, 4) is 0 Å². The highest BCUT2D eigenvalue weighted by molar-refractivity contribution is 5.74. The first-order valence-electron chi connectivity index (χ1n) is 3.96. The Morgan fingerprint density at radius 3 is 2.64 bits per heavy atom. The summed E-state index contributed by atoms with van der Waals surface area (Å²) in [4.78, 5) is 12.9. The molecule has 0 amide bonds. The van der Waals surface area contributed by atoms with Crippen LogP contribution < -0.4 is 0 Å². The molecule has 0 aromatic carbocycles. The summed E-state index contributed by atoms with van der Waals surface area (Å²) in [6.45, 7) is 3.54. The first-order valence-corrected chi connectivity index (χ1v) is 3.96. The van der Waals surface area contributed by atoms with E-state index in [9.17, 15) is 4.79 Å². The molecule has 3 heteroatoms. The molecule has 1 aliphatic rings. The Kier molecular flexibility index (Phi) is 2.18. The van der Waals surface area contributed by atoms with Crippen molar-refractivity contribution in [3.05, 3.63) is 0 Å². The van der Waals surface area contributed by atoms with Crippen LogP contribution in [0.5, 0.6) is 0 Å². The molecule has 1 aliphatic heterocycles. The molecule has 64 valence electrons. The van der Waals surface area contributed by atoms with Crippen molar-refractivity contribution in [3.63, 3.8) is 0 Å². The number of hydrogen-bond acceptors (Lipinski definition) is 2. The van der Waals surface area contributed by atoms with E-state index in [0.29, 0.717) is 6.54 Å². The molecular weight excluding hydrogens is 142 g/mol. The number of rotatable bonds is 1. The van der Waals surface area contributed by atoms with E-state index in [4.69, 9.17) is 5.11 Å². The number of carboxylic acids is 1. The third-order valence-electron chi connectivity index (χ3n) is 2.40. The van der Waals surface area contributed by atoms with Gasteiger partial charge in [-0.2, -0.15) is 0 Å². The molecule has 0 aromatic heterocycles. The van der Waals surface area contributed by atoms with E-state index in [0.717, 1.165) is 19.4 Å². The zero-order valence-electron chi connectivity index (χ0n) is 7.13. The summed E-state index contributed by atoms with van der Waals surface area (Å²) in [6.07, 6.45) is 1.81. The normalized spacial score (nSPS) is 33.6. The van der Waals surface area contributed by atoms with Gasteiger partial charge in [-0.25, -0.2) is 0 Å². The molecule has 0 spiro atoms. The van der Waals surface area contributed by atoms with E-state index in [1.165, 1.54) is 0 Å². The van der Waals surface area contributed by atoms with Crippen LogP contribution in [0.4, 0.5) is 0 Å². The Labute approximate surface area is 67.0 Å². The number of aliphatic carboxylic acids is 1. The van der Waals surface area contributed by atoms with Crippen LogP contribution in [0.15, 0.2) is 0 Å². The van der Waals surface area contributed by atoms with Gasteiger partial charge in [0.1, 0.15) is 0 Å². The lowest BCUT2D eigenvalue weighted by atomic mass is 9.82. The second-order valence-electron chi connectivity index (χ2n) is 3.71. The van der Waals surface area contributed by atoms with Gasteiger partial charge in [-0.15, -0.1) is 0 Å². The third-order valence-corrected chi connectivity index (χ3v) is 2.40. The molecule has 3 nitrogen and oxygen atoms in total. The van der Waals surface area contributed by atoms with E-state index in [-0.39, 0.29) is 0 Å². The van der Waals surface area contributed by atoms with Crippen molar-refractivity contribution in [2.45, 2.75) is 19.8 Å². The lowest BCUT2D eigenvalue weighted by molar-refractivity contribution is -0.150. The molecule has 0 radical (unpaired) electrons. The average molecular weight is 157 g/mol. The van der Waals surface area contributed by atoms with Crippen LogP contribution in [0.2, 0.25) is 0 Å². The Bertz CT molecular complexity index is 169. The summed E-state index contributed by atoms with van der Waals surface area (Å²) in [7, 11) is 1.97. The summed E-state index contributed by atoms with van der Waals surface area (Å²) < 4.78 is 0. The van der Waals surface area contributed by atoms with E-state index in [2.05, 4.69) is 4.90 Å². The summed E-state index contributed by atoms with van der Waals surface area (Å²) >= 11 is 0. The molecule has 1 rings (SSSR count). The van der Waals surface area contributed by atoms with Crippen LogP contribution in [-0.4, -0.2) is 36.1 Å². The summed E-state index contributed by atoms with van der Waals surface area (Å²) in [6, 6.07) is 0. The first-order chi connectivity index (χ1) is 5.04. The van der Waals surface area contributed by atoms with Crippen molar-refractivity contribution in [2.24, 2.45) is 5.41 Å². The monoisotopic (exact) mass is 157 g/mol. The van der Waals surface area contributed by atoms with Crippen LogP contribution in [0.3, 0.4) is 0 Å². The van der Waals surface area contributed by atoms with E-state index in [1.54, 1.807) is 0 Å². The zero-order valence-corrected chi connectivity index (χ0v) is 7.13. The maximum absolute atomic E-state index is 10.8. The van der Waals surface area contributed by atoms with Crippen LogP contribution in [-0.2, 0) is 4.79 Å². The Balaban J connectivity index is 2.63. The number of piperidine rings is 1. The van der Waals surface area contributed by atoms with E-state index < -0.39 is 11.4 Å². The predicted octanol–water partition coefficient (Wildman–Crippen LogP) is 0.803. The predicted molar refractivity (Wildman–Crippen MR) is 42.5 cm³/mol. The Morgan fingerprint density at radius 2 is 2.27 bits per heavy atom. The number of carbonyl (C=O) groups is 1. The lowest BCUT2D eigenvalue weighted by Crippen LogP contribution is -2.44. The van der Waals surface area contributed by atoms with Gasteiger partial charge in [0.25, 0.3) is 0 Å². The van der Waals surface area contributed by atoms with Crippen molar-refractivity contribution < 1.29 is 9.90 Å². The number of likely N-dealkylation sites (tertiary alicyclic amines) is 1. The maximum atomic E-state index is 10.8. The van der Waals surface area contributed by atoms with Gasteiger partial charge in [0, 0.05) is 6.54 Å². The van der Waals surface area contributed by atoms with E-state index in [1.807, 2.05) is 14.0 Å². The molecule has 0 aliphatic carbocycles. The second kappa shape index (κ2) is 2.81. The zero-order chi connectivity index (χ0) is 8.48. The second-order valence-corrected chi connectivity index (χ2v) is 3.71. The number of nitrogens with zero attached hydrogens (tertiary/aromatic N) is 1. The van der Waals surface area contributed by atoms with Gasteiger partial charge in [-0.1, -0.05) is 0 Å². The summed E-state index contributed by atoms with van der Waals surface area (Å²) in [5.74, 6) is -0.663. The SMILES string of the molecule is CN1CCC[C@@](C)(C(=O)O)C1. The maximum Gasteiger partial charge on any atom is 0.310 e. The van der Waals surface area contributed by atoms with Gasteiger partial charge >= 0.3 is 5.97 Å². The first kappa shape index (κ1) is 8.53. The highest BCUT2D eigenvalue weighted by Crippen LogP contribution is 2.28. The fourth-order valence-electron chi connectivity index (χ4n) is 1.67. The molecule has 0 bridgehead atoms. The fourth-order valence-corrected chi connectivity index (χ4v) is 1.67. The van der Waals surface area contributed by atoms with Crippen molar-refractivity contribution >= 4 is 5.97 Å². The lowest BCUT2D eigenvalue weighted by Gasteiger charge is -2.35. The molecular formula is C8H15NO2. The minimum atomic E-state index is -0.663. The molecule has 0 aromatic rings. The Morgan fingerprint density at radius 1 is 1.64 bits per heavy atom. The van der Waals surface area contributed by atoms with Crippen molar-refractivity contribution in [1.82, 2.24) is 4.90 Å². The fraction of sp³-hybridized carbons (Fsp3) is 0.875. The molecule has 1 N–H and O–H groups in total. The standard InChI is InChI=1S/C8H15NO2/c1-8(7(10)11)4-3-5-9(2)6-8/h3-6H2,1-2H3,(H,10,11)/t8-/m1/s1. The van der Waals surface area contributed by atoms with Crippen LogP contribution >= 0.6 is 0 Å². The average Bonchev–Trinajstić information content (AvgIpc) is 1.86. The topological polar surface area (TPSA) is 40.5 Å². The smallest absolute Gasteiger partial charge is 0.310 e. The number of carboxylic acid groups (broad SMARTS) is 1. The van der Waals surface area contributed by atoms with Crippen molar-refractivity contribution in [1.29, 1.82) is 0 Å². The number of hydrogen-bond donors (Lipinski definition) is 1. The van der Waals surface area contributed by atoms with Crippen LogP contribution in [0.25, 0.3) is 0 Å². The molecule has 1 fully saturated rings. The Hall–Kier alpha value is -0.570. The molecule has 11 heavy (non-hydrogen) atoms. The highest BCUT2D eigenvalue weighted by Gasteiger charge is 2.36. The van der Waals surface area contributed by atoms with Crippen LogP contribution in [0, 0.1) is 5.41 Å². The quantitative estimate of drug-likeness (QED) is 0.612. The van der Waals surface area contributed by atoms with Gasteiger partial charge in [0.05, 0.1) is 5.41 Å². The largest absolute Gasteiger partial charge is 0.481 e. The van der Waals surface area contributed by atoms with E-state index >= 15 is 0 Å². The van der Waals surface area contributed by atoms with Crippen LogP contribution in [0.1, 0.15) is 19.8 Å². The summed E-state index contributed by atoms with van der Waals surface area (Å²) in [5.41, 5.74) is -0.507. The minimum Gasteiger partial charge on any atom is -0.481 e. The third kappa shape index (κ3) is 1.71. The minimum absolute atomic E-state index is 0.507. The van der Waals surface area contributed by atoms with Gasteiger partial charge in [-0.05, 0) is 33.4 Å². The van der Waals surface area contributed by atoms with Gasteiger partial charge in [0.2, 0.25) is 0 Å². The van der Waals surface area contributed by atoms with Gasteiger partial charge < -0.3 is 10.0 Å².